The molecule has 0 aromatic heterocycles. The monoisotopic (exact) mass is 392 g/mol. The summed E-state index contributed by atoms with van der Waals surface area (Å²) < 4.78 is 32.1. The first-order valence-corrected chi connectivity index (χ1v) is 12.6. The van der Waals surface area contributed by atoms with E-state index in [1.54, 1.807) is 0 Å². The van der Waals surface area contributed by atoms with Gasteiger partial charge < -0.3 is 5.11 Å². The third-order valence-corrected chi connectivity index (χ3v) is 6.58. The van der Waals surface area contributed by atoms with Crippen molar-refractivity contribution in [1.29, 1.82) is 0 Å². The lowest BCUT2D eigenvalue weighted by Gasteiger charge is -2.16. The molecule has 0 bridgehead atoms. The van der Waals surface area contributed by atoms with Gasteiger partial charge in [-0.05, 0) is 19.3 Å². The average molecular weight is 393 g/mol. The molecule has 0 heterocycles. The summed E-state index contributed by atoms with van der Waals surface area (Å²) in [7, 11) is -4.05. The van der Waals surface area contributed by atoms with E-state index in [0.29, 0.717) is 12.8 Å². The summed E-state index contributed by atoms with van der Waals surface area (Å²) in [6.07, 6.45) is 18.2. The smallest absolute Gasteiger partial charge is 0.267 e. The molecule has 0 aliphatic rings. The summed E-state index contributed by atoms with van der Waals surface area (Å²) in [6.45, 7) is 4.07. The predicted molar refractivity (Wildman–Crippen MR) is 111 cm³/mol. The maximum atomic E-state index is 11.4. The van der Waals surface area contributed by atoms with Gasteiger partial charge in [0.25, 0.3) is 10.1 Å². The molecule has 0 aromatic carbocycles. The van der Waals surface area contributed by atoms with Crippen molar-refractivity contribution >= 4 is 10.1 Å². The van der Waals surface area contributed by atoms with Crippen LogP contribution in [0.3, 0.4) is 0 Å². The molecule has 0 aliphatic carbocycles. The third kappa shape index (κ3) is 16.1. The number of hydrogen-bond donors (Lipinski definition) is 2. The van der Waals surface area contributed by atoms with Crippen LogP contribution >= 0.6 is 0 Å². The standard InChI is InChI=1S/C21H44O4S/c1-3-5-6-7-8-9-10-11-12-13-14-15-16-17-18-21(26(23,24)25)19-20(22)4-2/h20-22H,3-19H2,1-2H3,(H,23,24,25). The zero-order valence-electron chi connectivity index (χ0n) is 17.3. The maximum Gasteiger partial charge on any atom is 0.267 e. The third-order valence-electron chi connectivity index (χ3n) is 5.31. The Hall–Kier alpha value is -0.130. The molecule has 0 rings (SSSR count). The highest BCUT2D eigenvalue weighted by Crippen LogP contribution is 2.18. The summed E-state index contributed by atoms with van der Waals surface area (Å²) in [5.41, 5.74) is 0. The van der Waals surface area contributed by atoms with Crippen molar-refractivity contribution in [3.63, 3.8) is 0 Å². The van der Waals surface area contributed by atoms with Gasteiger partial charge in [0.15, 0.2) is 0 Å². The largest absolute Gasteiger partial charge is 0.393 e. The summed E-state index contributed by atoms with van der Waals surface area (Å²) in [5, 5.41) is 8.82. The number of rotatable bonds is 19. The SMILES string of the molecule is CCCCCCCCCCCCCCCCC(CC(O)CC)S(=O)(=O)O. The summed E-state index contributed by atoms with van der Waals surface area (Å²) in [4.78, 5) is 0. The Bertz CT molecular complexity index is 395. The van der Waals surface area contributed by atoms with E-state index < -0.39 is 21.5 Å². The minimum atomic E-state index is -4.05. The van der Waals surface area contributed by atoms with Gasteiger partial charge in [0.05, 0.1) is 11.4 Å². The second-order valence-electron chi connectivity index (χ2n) is 7.82. The van der Waals surface area contributed by atoms with Crippen molar-refractivity contribution in [1.82, 2.24) is 0 Å². The average Bonchev–Trinajstić information content (AvgIpc) is 2.59. The van der Waals surface area contributed by atoms with Crippen LogP contribution in [0.4, 0.5) is 0 Å². The fourth-order valence-electron chi connectivity index (χ4n) is 3.43. The lowest BCUT2D eigenvalue weighted by Crippen LogP contribution is -2.25. The summed E-state index contributed by atoms with van der Waals surface area (Å²) >= 11 is 0. The lowest BCUT2D eigenvalue weighted by atomic mass is 10.0. The van der Waals surface area contributed by atoms with E-state index in [0.717, 1.165) is 19.3 Å². The van der Waals surface area contributed by atoms with E-state index in [2.05, 4.69) is 6.92 Å². The minimum Gasteiger partial charge on any atom is -0.393 e. The van der Waals surface area contributed by atoms with Crippen LogP contribution in [0.1, 0.15) is 123 Å². The Morgan fingerprint density at radius 3 is 1.42 bits per heavy atom. The highest BCUT2D eigenvalue weighted by Gasteiger charge is 2.24. The Morgan fingerprint density at radius 2 is 1.08 bits per heavy atom. The van der Waals surface area contributed by atoms with Crippen LogP contribution in [0.15, 0.2) is 0 Å². The summed E-state index contributed by atoms with van der Waals surface area (Å²) in [6, 6.07) is 0. The molecular weight excluding hydrogens is 348 g/mol. The van der Waals surface area contributed by atoms with Crippen LogP contribution in [-0.4, -0.2) is 29.4 Å². The molecule has 0 aromatic rings. The number of aliphatic hydroxyl groups excluding tert-OH is 1. The second kappa shape index (κ2) is 17.0. The van der Waals surface area contributed by atoms with E-state index in [1.165, 1.54) is 70.6 Å². The molecule has 0 amide bonds. The van der Waals surface area contributed by atoms with E-state index in [4.69, 9.17) is 0 Å². The molecule has 2 N–H and O–H groups in total. The van der Waals surface area contributed by atoms with E-state index in [1.807, 2.05) is 6.92 Å². The summed E-state index contributed by atoms with van der Waals surface area (Å²) in [5.74, 6) is 0. The second-order valence-corrected chi connectivity index (χ2v) is 9.52. The first-order valence-electron chi connectivity index (χ1n) is 11.1. The van der Waals surface area contributed by atoms with Crippen molar-refractivity contribution in [2.75, 3.05) is 0 Å². The minimum absolute atomic E-state index is 0.147. The number of unbranched alkanes of at least 4 members (excludes halogenated alkanes) is 13. The Morgan fingerprint density at radius 1 is 0.692 bits per heavy atom. The first kappa shape index (κ1) is 25.9. The van der Waals surface area contributed by atoms with Gasteiger partial charge in [-0.25, -0.2) is 0 Å². The van der Waals surface area contributed by atoms with E-state index >= 15 is 0 Å². The van der Waals surface area contributed by atoms with Crippen LogP contribution < -0.4 is 0 Å². The van der Waals surface area contributed by atoms with Gasteiger partial charge in [0.1, 0.15) is 0 Å². The van der Waals surface area contributed by atoms with Gasteiger partial charge in [-0.1, -0.05) is 104 Å². The fourth-order valence-corrected chi connectivity index (χ4v) is 4.35. The van der Waals surface area contributed by atoms with Crippen molar-refractivity contribution in [3.05, 3.63) is 0 Å². The van der Waals surface area contributed by atoms with Crippen molar-refractivity contribution in [2.45, 2.75) is 134 Å². The molecule has 4 nitrogen and oxygen atoms in total. The Labute approximate surface area is 162 Å². The molecule has 0 spiro atoms. The molecule has 2 atom stereocenters. The molecule has 2 unspecified atom stereocenters. The number of hydrogen-bond acceptors (Lipinski definition) is 3. The normalized spacial score (nSPS) is 14.5. The molecule has 0 saturated carbocycles. The Kier molecular flexibility index (Phi) is 16.9. The molecular formula is C21H44O4S. The zero-order valence-corrected chi connectivity index (χ0v) is 18.1. The Balaban J connectivity index is 3.51. The number of aliphatic hydroxyl groups is 1. The van der Waals surface area contributed by atoms with E-state index in [9.17, 15) is 18.1 Å². The molecule has 5 heteroatoms. The molecule has 0 aliphatic heterocycles. The van der Waals surface area contributed by atoms with Crippen LogP contribution in [0, 0.1) is 0 Å². The van der Waals surface area contributed by atoms with Crippen LogP contribution in [0.25, 0.3) is 0 Å². The van der Waals surface area contributed by atoms with Gasteiger partial charge in [-0.3, -0.25) is 4.55 Å². The highest BCUT2D eigenvalue weighted by atomic mass is 32.2. The lowest BCUT2D eigenvalue weighted by molar-refractivity contribution is 0.156. The highest BCUT2D eigenvalue weighted by molar-refractivity contribution is 7.86. The van der Waals surface area contributed by atoms with Crippen LogP contribution in [-0.2, 0) is 10.1 Å². The molecule has 0 saturated heterocycles. The van der Waals surface area contributed by atoms with Gasteiger partial charge in [0, 0.05) is 0 Å². The molecule has 0 radical (unpaired) electrons. The quantitative estimate of drug-likeness (QED) is 0.200. The van der Waals surface area contributed by atoms with Gasteiger partial charge in [-0.2, -0.15) is 8.42 Å². The zero-order chi connectivity index (χ0) is 19.7. The van der Waals surface area contributed by atoms with Gasteiger partial charge >= 0.3 is 0 Å². The van der Waals surface area contributed by atoms with Gasteiger partial charge in [-0.15, -0.1) is 0 Å². The molecule has 158 valence electrons. The first-order chi connectivity index (χ1) is 12.4. The maximum absolute atomic E-state index is 11.4. The topological polar surface area (TPSA) is 74.6 Å². The molecule has 0 fully saturated rings. The molecule has 26 heavy (non-hydrogen) atoms. The van der Waals surface area contributed by atoms with Crippen molar-refractivity contribution < 1.29 is 18.1 Å². The van der Waals surface area contributed by atoms with Crippen LogP contribution in [0.2, 0.25) is 0 Å². The van der Waals surface area contributed by atoms with E-state index in [-0.39, 0.29) is 6.42 Å². The fraction of sp³-hybridized carbons (Fsp3) is 1.00. The van der Waals surface area contributed by atoms with Crippen molar-refractivity contribution in [2.24, 2.45) is 0 Å². The van der Waals surface area contributed by atoms with Crippen molar-refractivity contribution in [3.8, 4) is 0 Å². The van der Waals surface area contributed by atoms with Crippen LogP contribution in [0.5, 0.6) is 0 Å². The van der Waals surface area contributed by atoms with Gasteiger partial charge in [0.2, 0.25) is 0 Å². The predicted octanol–water partition coefficient (Wildman–Crippen LogP) is 6.28.